The van der Waals surface area contributed by atoms with Gasteiger partial charge in [-0.1, -0.05) is 28.1 Å². The van der Waals surface area contributed by atoms with E-state index in [1.165, 1.54) is 0 Å². The first-order valence-electron chi connectivity index (χ1n) is 3.05. The third-order valence-corrected chi connectivity index (χ3v) is 1.69. The van der Waals surface area contributed by atoms with Crippen molar-refractivity contribution in [2.45, 2.75) is 6.54 Å². The maximum absolute atomic E-state index is 10.1. The molecule has 0 atom stereocenters. The Morgan fingerprint density at radius 1 is 1.55 bits per heavy atom. The second-order valence-electron chi connectivity index (χ2n) is 2.12. The van der Waals surface area contributed by atoms with Gasteiger partial charge in [0.1, 0.15) is 0 Å². The van der Waals surface area contributed by atoms with Crippen molar-refractivity contribution in [2.75, 3.05) is 0 Å². The molecule has 0 saturated heterocycles. The van der Waals surface area contributed by atoms with Crippen molar-refractivity contribution in [3.8, 4) is 0 Å². The highest BCUT2D eigenvalue weighted by molar-refractivity contribution is 9.10. The molecule has 1 aromatic rings. The van der Waals surface area contributed by atoms with Crippen LogP contribution in [0.4, 0.5) is 0 Å². The van der Waals surface area contributed by atoms with Crippen molar-refractivity contribution in [1.82, 2.24) is 0 Å². The molecule has 0 aromatic heterocycles. The van der Waals surface area contributed by atoms with E-state index in [-0.39, 0.29) is 11.5 Å². The molecule has 0 saturated carbocycles. The van der Waals surface area contributed by atoms with Crippen LogP contribution in [0.3, 0.4) is 0 Å². The average Bonchev–Trinajstić information content (AvgIpc) is 1.85. The lowest BCUT2D eigenvalue weighted by molar-refractivity contribution is -0.496. The highest BCUT2D eigenvalue weighted by Crippen LogP contribution is 2.11. The van der Waals surface area contributed by atoms with Crippen molar-refractivity contribution in [3.05, 3.63) is 44.4 Å². The topological polar surface area (TPSA) is 43.1 Å². The summed E-state index contributed by atoms with van der Waals surface area (Å²) < 4.78 is 0.872. The molecule has 0 unspecified atom stereocenters. The highest BCUT2D eigenvalue weighted by Gasteiger charge is 1.99. The minimum Gasteiger partial charge on any atom is -0.264 e. The van der Waals surface area contributed by atoms with E-state index in [0.717, 1.165) is 4.47 Å². The van der Waals surface area contributed by atoms with Gasteiger partial charge >= 0.3 is 0 Å². The first-order valence-corrected chi connectivity index (χ1v) is 3.84. The summed E-state index contributed by atoms with van der Waals surface area (Å²) in [6.07, 6.45) is 0. The predicted octanol–water partition coefficient (Wildman–Crippen LogP) is 2.23. The van der Waals surface area contributed by atoms with Gasteiger partial charge in [-0.2, -0.15) is 0 Å². The van der Waals surface area contributed by atoms with Crippen molar-refractivity contribution in [3.63, 3.8) is 0 Å². The van der Waals surface area contributed by atoms with Crippen molar-refractivity contribution >= 4 is 15.9 Å². The molecule has 11 heavy (non-hydrogen) atoms. The summed E-state index contributed by atoms with van der Waals surface area (Å²) >= 11 is 3.23. The molecular formula is C7H6BrNO2. The molecule has 0 heterocycles. The maximum atomic E-state index is 10.1. The van der Waals surface area contributed by atoms with Crippen LogP contribution in [0.25, 0.3) is 0 Å². The number of hydrogen-bond acceptors (Lipinski definition) is 2. The third-order valence-electron chi connectivity index (χ3n) is 1.20. The fourth-order valence-corrected chi connectivity index (χ4v) is 1.23. The Morgan fingerprint density at radius 3 is 2.82 bits per heavy atom. The van der Waals surface area contributed by atoms with E-state index < -0.39 is 0 Å². The van der Waals surface area contributed by atoms with E-state index in [4.69, 9.17) is 0 Å². The molecular weight excluding hydrogens is 210 g/mol. The standard InChI is InChI=1S/C7H6BrNO2/c8-7-3-1-2-6(4-7)5-9(10)11/h1-4H,5H2. The van der Waals surface area contributed by atoms with E-state index in [2.05, 4.69) is 15.9 Å². The van der Waals surface area contributed by atoms with Crippen molar-refractivity contribution < 1.29 is 4.92 Å². The Bertz CT molecular complexity index is 275. The molecule has 0 aliphatic carbocycles. The van der Waals surface area contributed by atoms with Gasteiger partial charge in [-0.25, -0.2) is 0 Å². The van der Waals surface area contributed by atoms with Crippen LogP contribution in [0, 0.1) is 10.1 Å². The number of hydrogen-bond donors (Lipinski definition) is 0. The minimum atomic E-state index is -0.345. The van der Waals surface area contributed by atoms with Gasteiger partial charge in [-0.15, -0.1) is 0 Å². The van der Waals surface area contributed by atoms with Crippen LogP contribution >= 0.6 is 15.9 Å². The number of benzene rings is 1. The van der Waals surface area contributed by atoms with E-state index in [0.29, 0.717) is 5.56 Å². The van der Waals surface area contributed by atoms with Crippen LogP contribution in [0.15, 0.2) is 28.7 Å². The molecule has 0 aliphatic rings. The van der Waals surface area contributed by atoms with Gasteiger partial charge in [0.25, 0.3) is 0 Å². The number of nitro groups is 1. The quantitative estimate of drug-likeness (QED) is 0.561. The van der Waals surface area contributed by atoms with Crippen LogP contribution < -0.4 is 0 Å². The van der Waals surface area contributed by atoms with Gasteiger partial charge in [-0.05, 0) is 12.1 Å². The van der Waals surface area contributed by atoms with Crippen LogP contribution in [0.1, 0.15) is 5.56 Å². The molecule has 0 bridgehead atoms. The fraction of sp³-hybridized carbons (Fsp3) is 0.143. The lowest BCUT2D eigenvalue weighted by Crippen LogP contribution is -1.97. The summed E-state index contributed by atoms with van der Waals surface area (Å²) in [5.74, 6) is 0. The minimum absolute atomic E-state index is 0.112. The van der Waals surface area contributed by atoms with Gasteiger partial charge < -0.3 is 0 Å². The van der Waals surface area contributed by atoms with Crippen molar-refractivity contribution in [2.24, 2.45) is 0 Å². The Balaban J connectivity index is 2.79. The van der Waals surface area contributed by atoms with E-state index >= 15 is 0 Å². The van der Waals surface area contributed by atoms with Gasteiger partial charge in [0.05, 0.1) is 0 Å². The first kappa shape index (κ1) is 8.20. The molecule has 0 fully saturated rings. The third kappa shape index (κ3) is 2.67. The average molecular weight is 216 g/mol. The largest absolute Gasteiger partial charge is 0.264 e. The molecule has 1 rings (SSSR count). The maximum Gasteiger partial charge on any atom is 0.228 e. The molecule has 3 nitrogen and oxygen atoms in total. The van der Waals surface area contributed by atoms with Crippen LogP contribution in [-0.2, 0) is 6.54 Å². The fourth-order valence-electron chi connectivity index (χ4n) is 0.784. The van der Waals surface area contributed by atoms with Crippen LogP contribution in [-0.4, -0.2) is 4.92 Å². The SMILES string of the molecule is O=[N+]([O-])Cc1cccc(Br)c1. The van der Waals surface area contributed by atoms with E-state index in [9.17, 15) is 10.1 Å². The molecule has 0 radical (unpaired) electrons. The first-order chi connectivity index (χ1) is 5.18. The number of nitrogens with zero attached hydrogens (tertiary/aromatic N) is 1. The summed E-state index contributed by atoms with van der Waals surface area (Å²) in [6.45, 7) is -0.112. The monoisotopic (exact) mass is 215 g/mol. The molecule has 1 aromatic carbocycles. The van der Waals surface area contributed by atoms with Gasteiger partial charge in [-0.3, -0.25) is 10.1 Å². The Morgan fingerprint density at radius 2 is 2.27 bits per heavy atom. The molecule has 0 N–H and O–H groups in total. The zero-order valence-electron chi connectivity index (χ0n) is 5.66. The Labute approximate surface area is 72.3 Å². The summed E-state index contributed by atoms with van der Waals surface area (Å²) in [7, 11) is 0. The van der Waals surface area contributed by atoms with Crippen molar-refractivity contribution in [1.29, 1.82) is 0 Å². The van der Waals surface area contributed by atoms with E-state index in [1.807, 2.05) is 6.07 Å². The van der Waals surface area contributed by atoms with Crippen LogP contribution in [0.2, 0.25) is 0 Å². The molecule has 0 spiro atoms. The van der Waals surface area contributed by atoms with E-state index in [1.54, 1.807) is 18.2 Å². The van der Waals surface area contributed by atoms with Gasteiger partial charge in [0.2, 0.25) is 6.54 Å². The smallest absolute Gasteiger partial charge is 0.228 e. The summed E-state index contributed by atoms with van der Waals surface area (Å²) in [5, 5.41) is 10.1. The highest BCUT2D eigenvalue weighted by atomic mass is 79.9. The number of halogens is 1. The summed E-state index contributed by atoms with van der Waals surface area (Å²) in [6, 6.07) is 7.09. The predicted molar refractivity (Wildman–Crippen MR) is 44.8 cm³/mol. The Hall–Kier alpha value is -0.900. The lowest BCUT2D eigenvalue weighted by Gasteiger charge is -1.94. The zero-order valence-corrected chi connectivity index (χ0v) is 7.24. The lowest BCUT2D eigenvalue weighted by atomic mass is 10.2. The van der Waals surface area contributed by atoms with Gasteiger partial charge in [0.15, 0.2) is 0 Å². The number of rotatable bonds is 2. The molecule has 0 aliphatic heterocycles. The normalized spacial score (nSPS) is 9.55. The molecule has 0 amide bonds. The van der Waals surface area contributed by atoms with Gasteiger partial charge in [0, 0.05) is 15.0 Å². The second-order valence-corrected chi connectivity index (χ2v) is 3.04. The Kier molecular flexibility index (Phi) is 2.59. The summed E-state index contributed by atoms with van der Waals surface area (Å²) in [4.78, 5) is 9.72. The zero-order chi connectivity index (χ0) is 8.27. The summed E-state index contributed by atoms with van der Waals surface area (Å²) in [5.41, 5.74) is 0.712. The molecule has 58 valence electrons. The molecule has 4 heteroatoms. The second kappa shape index (κ2) is 3.48. The van der Waals surface area contributed by atoms with Crippen LogP contribution in [0.5, 0.6) is 0 Å².